The largest absolute Gasteiger partial charge is 0.365 e. The number of nitrogens with two attached hydrogens (primary N) is 1. The summed E-state index contributed by atoms with van der Waals surface area (Å²) in [4.78, 5) is 11.7. The van der Waals surface area contributed by atoms with Gasteiger partial charge in [0.05, 0.1) is 0 Å². The van der Waals surface area contributed by atoms with E-state index < -0.39 is 0 Å². The molecule has 0 amide bonds. The summed E-state index contributed by atoms with van der Waals surface area (Å²) in [5.74, 6) is 8.07. The van der Waals surface area contributed by atoms with E-state index in [1.807, 2.05) is 6.92 Å². The average molecular weight is 290 g/mol. The first kappa shape index (κ1) is 14.5. The van der Waals surface area contributed by atoms with Gasteiger partial charge in [-0.05, 0) is 32.7 Å². The number of piperidine rings is 1. The lowest BCUT2D eigenvalue weighted by Gasteiger charge is -2.33. The van der Waals surface area contributed by atoms with Crippen LogP contribution in [0.15, 0.2) is 0 Å². The number of fused-ring (bicyclic) bond motifs is 1. The van der Waals surface area contributed by atoms with Gasteiger partial charge in [-0.1, -0.05) is 13.3 Å². The lowest BCUT2D eigenvalue weighted by atomic mass is 9.99. The molecule has 3 rings (SSSR count). The van der Waals surface area contributed by atoms with Gasteiger partial charge < -0.3 is 10.7 Å². The lowest BCUT2D eigenvalue weighted by Crippen LogP contribution is -2.42. The van der Waals surface area contributed by atoms with Crippen molar-refractivity contribution in [1.29, 1.82) is 0 Å². The molecule has 2 unspecified atom stereocenters. The van der Waals surface area contributed by atoms with Crippen LogP contribution in [0, 0.1) is 6.92 Å². The maximum Gasteiger partial charge on any atom is 0.148 e. The number of anilines is 2. The van der Waals surface area contributed by atoms with Crippen LogP contribution in [-0.2, 0) is 6.42 Å². The van der Waals surface area contributed by atoms with Crippen molar-refractivity contribution < 1.29 is 0 Å². The molecule has 0 aromatic carbocycles. The van der Waals surface area contributed by atoms with E-state index in [4.69, 9.17) is 5.84 Å². The van der Waals surface area contributed by atoms with E-state index in [1.54, 1.807) is 0 Å². The molecule has 0 spiro atoms. The number of aryl methyl sites for hydroxylation is 1. The normalized spacial score (nSPS) is 25.7. The highest BCUT2D eigenvalue weighted by Crippen LogP contribution is 2.30. The molecule has 6 heteroatoms. The Kier molecular flexibility index (Phi) is 4.26. The molecule has 1 aromatic heterocycles. The second-order valence-corrected chi connectivity index (χ2v) is 6.10. The first-order chi connectivity index (χ1) is 10.2. The van der Waals surface area contributed by atoms with E-state index in [2.05, 4.69) is 32.5 Å². The molecule has 2 fully saturated rings. The second-order valence-electron chi connectivity index (χ2n) is 6.10. The van der Waals surface area contributed by atoms with E-state index in [1.165, 1.54) is 38.8 Å². The van der Waals surface area contributed by atoms with Crippen LogP contribution in [0.3, 0.4) is 0 Å². The van der Waals surface area contributed by atoms with Crippen LogP contribution in [-0.4, -0.2) is 40.0 Å². The Balaban J connectivity index is 1.81. The molecule has 6 nitrogen and oxygen atoms in total. The summed E-state index contributed by atoms with van der Waals surface area (Å²) in [6, 6.07) is 1.15. The van der Waals surface area contributed by atoms with E-state index in [0.717, 1.165) is 29.4 Å². The van der Waals surface area contributed by atoms with Crippen LogP contribution in [0.2, 0.25) is 0 Å². The Morgan fingerprint density at radius 3 is 2.76 bits per heavy atom. The minimum absolute atomic E-state index is 0.495. The topological polar surface area (TPSA) is 79.1 Å². The smallest absolute Gasteiger partial charge is 0.148 e. The molecule has 116 valence electrons. The highest BCUT2D eigenvalue weighted by Gasteiger charge is 2.35. The van der Waals surface area contributed by atoms with Crippen molar-refractivity contribution in [3.63, 3.8) is 0 Å². The zero-order chi connectivity index (χ0) is 14.8. The molecule has 2 atom stereocenters. The molecule has 0 aliphatic carbocycles. The van der Waals surface area contributed by atoms with Gasteiger partial charge in [-0.2, -0.15) is 0 Å². The number of aromatic nitrogens is 2. The van der Waals surface area contributed by atoms with Crippen molar-refractivity contribution in [2.45, 2.75) is 58.0 Å². The fourth-order valence-corrected chi connectivity index (χ4v) is 3.59. The van der Waals surface area contributed by atoms with Crippen molar-refractivity contribution in [2.24, 2.45) is 5.84 Å². The monoisotopic (exact) mass is 290 g/mol. The molecular weight excluding hydrogens is 264 g/mol. The highest BCUT2D eigenvalue weighted by atomic mass is 15.3. The molecular formula is C15H26N6. The van der Waals surface area contributed by atoms with Crippen LogP contribution >= 0.6 is 0 Å². The SMILES string of the molecule is CCc1nc(NN)c(C)c(NC2CCN3CCCCC23)n1. The van der Waals surface area contributed by atoms with Gasteiger partial charge in [0, 0.05) is 30.6 Å². The number of nitrogens with zero attached hydrogens (tertiary/aromatic N) is 3. The molecule has 0 bridgehead atoms. The average Bonchev–Trinajstić information content (AvgIpc) is 2.92. The zero-order valence-corrected chi connectivity index (χ0v) is 13.0. The van der Waals surface area contributed by atoms with Crippen molar-refractivity contribution in [1.82, 2.24) is 14.9 Å². The quantitative estimate of drug-likeness (QED) is 0.578. The molecule has 1 aromatic rings. The number of nitrogen functional groups attached to an aromatic ring is 1. The summed E-state index contributed by atoms with van der Waals surface area (Å²) in [6.45, 7) is 6.54. The van der Waals surface area contributed by atoms with Crippen molar-refractivity contribution in [3.05, 3.63) is 11.4 Å². The molecule has 0 radical (unpaired) electrons. The van der Waals surface area contributed by atoms with Crippen molar-refractivity contribution >= 4 is 11.6 Å². The number of hydrogen-bond donors (Lipinski definition) is 3. The fourth-order valence-electron chi connectivity index (χ4n) is 3.59. The predicted octanol–water partition coefficient (Wildman–Crippen LogP) is 1.67. The second kappa shape index (κ2) is 6.15. The van der Waals surface area contributed by atoms with Crippen LogP contribution in [0.5, 0.6) is 0 Å². The molecule has 21 heavy (non-hydrogen) atoms. The van der Waals surface area contributed by atoms with Crippen LogP contribution in [0.1, 0.15) is 44.0 Å². The van der Waals surface area contributed by atoms with Gasteiger partial charge >= 0.3 is 0 Å². The summed E-state index contributed by atoms with van der Waals surface area (Å²) in [5, 5.41) is 3.67. The van der Waals surface area contributed by atoms with Gasteiger partial charge in [0.1, 0.15) is 17.5 Å². The molecule has 2 aliphatic rings. The first-order valence-electron chi connectivity index (χ1n) is 8.07. The standard InChI is InChI=1S/C15H26N6/c1-3-13-18-14(10(2)15(19-13)20-16)17-11-7-9-21-8-5-4-6-12(11)21/h11-12H,3-9,16H2,1-2H3,(H2,17,18,19,20). The Morgan fingerprint density at radius 1 is 1.19 bits per heavy atom. The Hall–Kier alpha value is -1.40. The zero-order valence-electron chi connectivity index (χ0n) is 13.0. The van der Waals surface area contributed by atoms with Gasteiger partial charge in [-0.3, -0.25) is 4.90 Å². The van der Waals surface area contributed by atoms with Crippen LogP contribution in [0.25, 0.3) is 0 Å². The van der Waals surface area contributed by atoms with E-state index in [9.17, 15) is 0 Å². The molecule has 2 saturated heterocycles. The number of nitrogens with one attached hydrogen (secondary N) is 2. The van der Waals surface area contributed by atoms with Gasteiger partial charge in [-0.15, -0.1) is 0 Å². The first-order valence-corrected chi connectivity index (χ1v) is 8.07. The van der Waals surface area contributed by atoms with Gasteiger partial charge in [0.25, 0.3) is 0 Å². The Labute approximate surface area is 126 Å². The van der Waals surface area contributed by atoms with E-state index in [0.29, 0.717) is 12.1 Å². The number of hydrazine groups is 1. The summed E-state index contributed by atoms with van der Waals surface area (Å²) < 4.78 is 0. The maximum atomic E-state index is 5.58. The minimum Gasteiger partial charge on any atom is -0.365 e. The van der Waals surface area contributed by atoms with Crippen molar-refractivity contribution in [3.8, 4) is 0 Å². The van der Waals surface area contributed by atoms with Gasteiger partial charge in [0.15, 0.2) is 0 Å². The number of rotatable bonds is 4. The maximum absolute atomic E-state index is 5.58. The Morgan fingerprint density at radius 2 is 2.00 bits per heavy atom. The highest BCUT2D eigenvalue weighted by molar-refractivity contribution is 5.57. The van der Waals surface area contributed by atoms with Gasteiger partial charge in [-0.25, -0.2) is 15.8 Å². The van der Waals surface area contributed by atoms with Crippen LogP contribution in [0.4, 0.5) is 11.6 Å². The van der Waals surface area contributed by atoms with E-state index in [-0.39, 0.29) is 0 Å². The number of hydrogen-bond acceptors (Lipinski definition) is 6. The van der Waals surface area contributed by atoms with E-state index >= 15 is 0 Å². The minimum atomic E-state index is 0.495. The molecule has 4 N–H and O–H groups in total. The van der Waals surface area contributed by atoms with Crippen LogP contribution < -0.4 is 16.6 Å². The molecule has 2 aliphatic heterocycles. The third kappa shape index (κ3) is 2.82. The van der Waals surface area contributed by atoms with Crippen molar-refractivity contribution in [2.75, 3.05) is 23.8 Å². The third-order valence-corrected chi connectivity index (χ3v) is 4.82. The molecule has 0 saturated carbocycles. The Bertz CT molecular complexity index is 503. The third-order valence-electron chi connectivity index (χ3n) is 4.82. The van der Waals surface area contributed by atoms with Gasteiger partial charge in [0.2, 0.25) is 0 Å². The summed E-state index contributed by atoms with van der Waals surface area (Å²) in [5.41, 5.74) is 3.69. The molecule has 3 heterocycles. The predicted molar refractivity (Wildman–Crippen MR) is 85.2 cm³/mol. The summed E-state index contributed by atoms with van der Waals surface area (Å²) in [7, 11) is 0. The summed E-state index contributed by atoms with van der Waals surface area (Å²) >= 11 is 0. The fraction of sp³-hybridized carbons (Fsp3) is 0.733. The summed E-state index contributed by atoms with van der Waals surface area (Å²) in [6.07, 6.45) is 5.99. The lowest BCUT2D eigenvalue weighted by molar-refractivity contribution is 0.192.